The van der Waals surface area contributed by atoms with Crippen LogP contribution in [0, 0.1) is 5.92 Å². The summed E-state index contributed by atoms with van der Waals surface area (Å²) < 4.78 is 5.75. The lowest BCUT2D eigenvalue weighted by Gasteiger charge is -2.12. The van der Waals surface area contributed by atoms with Crippen LogP contribution in [0.15, 0.2) is 48.5 Å². The van der Waals surface area contributed by atoms with Crippen molar-refractivity contribution in [3.8, 4) is 5.75 Å². The Bertz CT molecular complexity index is 819. The van der Waals surface area contributed by atoms with Crippen molar-refractivity contribution in [3.05, 3.63) is 54.1 Å². The maximum Gasteiger partial charge on any atom is 0.251 e. The van der Waals surface area contributed by atoms with Gasteiger partial charge in [0.25, 0.3) is 5.91 Å². The summed E-state index contributed by atoms with van der Waals surface area (Å²) in [6.45, 7) is 9.11. The van der Waals surface area contributed by atoms with Gasteiger partial charge in [-0.1, -0.05) is 26.8 Å². The van der Waals surface area contributed by atoms with E-state index in [-0.39, 0.29) is 24.4 Å². The van der Waals surface area contributed by atoms with Crippen molar-refractivity contribution < 1.29 is 14.3 Å². The number of hydrogen-bond donors (Lipinski definition) is 3. The van der Waals surface area contributed by atoms with Crippen LogP contribution in [-0.2, 0) is 4.79 Å². The smallest absolute Gasteiger partial charge is 0.251 e. The van der Waals surface area contributed by atoms with Gasteiger partial charge in [0, 0.05) is 29.0 Å². The van der Waals surface area contributed by atoms with Crippen LogP contribution in [0.5, 0.6) is 5.75 Å². The summed E-state index contributed by atoms with van der Waals surface area (Å²) >= 11 is 0. The average molecular weight is 412 g/mol. The molecular formula is C24H33N3O3. The number of carbonyl (C=O) groups is 2. The average Bonchev–Trinajstić information content (AvgIpc) is 2.72. The quantitative estimate of drug-likeness (QED) is 0.501. The monoisotopic (exact) mass is 411 g/mol. The molecule has 2 rings (SSSR count). The summed E-state index contributed by atoms with van der Waals surface area (Å²) in [4.78, 5) is 24.4. The summed E-state index contributed by atoms with van der Waals surface area (Å²) in [7, 11) is 0. The lowest BCUT2D eigenvalue weighted by Crippen LogP contribution is -2.31. The van der Waals surface area contributed by atoms with Crippen molar-refractivity contribution >= 4 is 23.2 Å². The normalized spacial score (nSPS) is 11.6. The minimum absolute atomic E-state index is 0.112. The fourth-order valence-corrected chi connectivity index (χ4v) is 2.61. The van der Waals surface area contributed by atoms with Gasteiger partial charge in [0.2, 0.25) is 5.91 Å². The second-order valence-electron chi connectivity index (χ2n) is 7.82. The molecule has 0 aliphatic heterocycles. The minimum atomic E-state index is -0.169. The molecule has 0 radical (unpaired) electrons. The Balaban J connectivity index is 1.81. The van der Waals surface area contributed by atoms with Gasteiger partial charge >= 0.3 is 0 Å². The van der Waals surface area contributed by atoms with Crippen molar-refractivity contribution in [2.45, 2.75) is 46.6 Å². The van der Waals surface area contributed by atoms with Crippen molar-refractivity contribution in [3.63, 3.8) is 0 Å². The van der Waals surface area contributed by atoms with Gasteiger partial charge in [-0.15, -0.1) is 0 Å². The molecule has 30 heavy (non-hydrogen) atoms. The number of hydrogen-bond acceptors (Lipinski definition) is 4. The van der Waals surface area contributed by atoms with Gasteiger partial charge in [0.05, 0.1) is 13.2 Å². The fourth-order valence-electron chi connectivity index (χ4n) is 2.61. The predicted molar refractivity (Wildman–Crippen MR) is 122 cm³/mol. The first-order chi connectivity index (χ1) is 14.4. The predicted octanol–water partition coefficient (Wildman–Crippen LogP) is 4.69. The van der Waals surface area contributed by atoms with Crippen LogP contribution in [0.2, 0.25) is 0 Å². The highest BCUT2D eigenvalue weighted by Gasteiger charge is 2.09. The molecule has 162 valence electrons. The zero-order valence-electron chi connectivity index (χ0n) is 18.3. The molecule has 0 spiro atoms. The SMILES string of the molecule is CCC(C)NC(=O)c1ccc(NC(=O)CNc2cccc(OCCC(C)C)c2)cc1. The molecule has 0 saturated carbocycles. The Morgan fingerprint density at radius 1 is 1.00 bits per heavy atom. The van der Waals surface area contributed by atoms with E-state index in [4.69, 9.17) is 4.74 Å². The molecule has 3 N–H and O–H groups in total. The van der Waals surface area contributed by atoms with E-state index < -0.39 is 0 Å². The van der Waals surface area contributed by atoms with Gasteiger partial charge in [-0.2, -0.15) is 0 Å². The van der Waals surface area contributed by atoms with E-state index in [1.165, 1.54) is 0 Å². The first kappa shape index (κ1) is 23.3. The van der Waals surface area contributed by atoms with E-state index in [9.17, 15) is 9.59 Å². The zero-order valence-corrected chi connectivity index (χ0v) is 18.3. The van der Waals surface area contributed by atoms with Gasteiger partial charge in [0.1, 0.15) is 5.75 Å². The first-order valence-corrected chi connectivity index (χ1v) is 10.5. The van der Waals surface area contributed by atoms with Crippen molar-refractivity contribution in [2.75, 3.05) is 23.8 Å². The molecule has 1 unspecified atom stereocenters. The van der Waals surface area contributed by atoms with Crippen molar-refractivity contribution in [1.82, 2.24) is 5.32 Å². The number of nitrogens with one attached hydrogen (secondary N) is 3. The lowest BCUT2D eigenvalue weighted by molar-refractivity contribution is -0.114. The van der Waals surface area contributed by atoms with Gasteiger partial charge in [-0.05, 0) is 62.1 Å². The van der Waals surface area contributed by atoms with Crippen LogP contribution < -0.4 is 20.7 Å². The molecule has 6 heteroatoms. The first-order valence-electron chi connectivity index (χ1n) is 10.5. The van der Waals surface area contributed by atoms with Crippen LogP contribution >= 0.6 is 0 Å². The van der Waals surface area contributed by atoms with E-state index >= 15 is 0 Å². The third-order valence-corrected chi connectivity index (χ3v) is 4.67. The van der Waals surface area contributed by atoms with Crippen LogP contribution in [-0.4, -0.2) is 31.0 Å². The Kier molecular flexibility index (Phi) is 9.19. The molecule has 0 aliphatic rings. The number of anilines is 2. The van der Waals surface area contributed by atoms with E-state index in [1.54, 1.807) is 24.3 Å². The summed E-state index contributed by atoms with van der Waals surface area (Å²) in [5.41, 5.74) is 2.04. The molecule has 0 heterocycles. The molecule has 2 amide bonds. The maximum absolute atomic E-state index is 12.2. The Hall–Kier alpha value is -3.02. The fraction of sp³-hybridized carbons (Fsp3) is 0.417. The second-order valence-corrected chi connectivity index (χ2v) is 7.82. The molecule has 0 aliphatic carbocycles. The van der Waals surface area contributed by atoms with Crippen molar-refractivity contribution in [1.29, 1.82) is 0 Å². The van der Waals surface area contributed by atoms with Crippen LogP contribution in [0.4, 0.5) is 11.4 Å². The molecule has 0 aromatic heterocycles. The molecule has 0 bridgehead atoms. The molecule has 0 fully saturated rings. The van der Waals surface area contributed by atoms with Gasteiger partial charge < -0.3 is 20.7 Å². The standard InChI is InChI=1S/C24H33N3O3/c1-5-18(4)26-24(29)19-9-11-20(12-10-19)27-23(28)16-25-21-7-6-8-22(15-21)30-14-13-17(2)3/h6-12,15,17-18,25H,5,13-14,16H2,1-4H3,(H,26,29)(H,27,28). The number of benzene rings is 2. The summed E-state index contributed by atoms with van der Waals surface area (Å²) in [5, 5.41) is 8.85. The highest BCUT2D eigenvalue weighted by Crippen LogP contribution is 2.18. The molecule has 6 nitrogen and oxygen atoms in total. The topological polar surface area (TPSA) is 79.5 Å². The van der Waals surface area contributed by atoms with Crippen LogP contribution in [0.1, 0.15) is 50.9 Å². The van der Waals surface area contributed by atoms with E-state index in [0.29, 0.717) is 23.8 Å². The minimum Gasteiger partial charge on any atom is -0.494 e. The van der Waals surface area contributed by atoms with Gasteiger partial charge in [0.15, 0.2) is 0 Å². The highest BCUT2D eigenvalue weighted by atomic mass is 16.5. The summed E-state index contributed by atoms with van der Waals surface area (Å²) in [5.74, 6) is 1.10. The number of amides is 2. The third-order valence-electron chi connectivity index (χ3n) is 4.67. The lowest BCUT2D eigenvalue weighted by atomic mass is 10.1. The van der Waals surface area contributed by atoms with E-state index in [2.05, 4.69) is 29.8 Å². The largest absolute Gasteiger partial charge is 0.494 e. The molecule has 2 aromatic carbocycles. The van der Waals surface area contributed by atoms with Crippen LogP contribution in [0.25, 0.3) is 0 Å². The van der Waals surface area contributed by atoms with Gasteiger partial charge in [-0.25, -0.2) is 0 Å². The van der Waals surface area contributed by atoms with E-state index in [1.807, 2.05) is 38.1 Å². The Morgan fingerprint density at radius 2 is 1.73 bits per heavy atom. The van der Waals surface area contributed by atoms with Crippen LogP contribution in [0.3, 0.4) is 0 Å². The molecular weight excluding hydrogens is 378 g/mol. The maximum atomic E-state index is 12.2. The zero-order chi connectivity index (χ0) is 21.9. The third kappa shape index (κ3) is 8.15. The highest BCUT2D eigenvalue weighted by molar-refractivity contribution is 5.96. The molecule has 0 saturated heterocycles. The Labute approximate surface area is 179 Å². The second kappa shape index (κ2) is 11.9. The summed E-state index contributed by atoms with van der Waals surface area (Å²) in [6, 6.07) is 14.6. The Morgan fingerprint density at radius 3 is 2.40 bits per heavy atom. The number of carbonyl (C=O) groups excluding carboxylic acids is 2. The van der Waals surface area contributed by atoms with E-state index in [0.717, 1.165) is 24.3 Å². The number of ether oxygens (including phenoxy) is 1. The molecule has 1 atom stereocenters. The summed E-state index contributed by atoms with van der Waals surface area (Å²) in [6.07, 6.45) is 1.87. The number of rotatable bonds is 11. The van der Waals surface area contributed by atoms with Crippen molar-refractivity contribution in [2.24, 2.45) is 5.92 Å². The van der Waals surface area contributed by atoms with Gasteiger partial charge in [-0.3, -0.25) is 9.59 Å². The molecule has 2 aromatic rings.